The number of methoxy groups -OCH3 is 1. The molecule has 176 valence electrons. The molecule has 1 N–H and O–H groups in total. The van der Waals surface area contributed by atoms with Crippen molar-refractivity contribution in [2.45, 2.75) is 20.5 Å². The van der Waals surface area contributed by atoms with Gasteiger partial charge in [-0.3, -0.25) is 9.78 Å². The molecule has 0 spiro atoms. The smallest absolute Gasteiger partial charge is 0.293 e. The molecule has 0 atom stereocenters. The van der Waals surface area contributed by atoms with E-state index in [4.69, 9.17) is 9.15 Å². The van der Waals surface area contributed by atoms with Gasteiger partial charge in [0.25, 0.3) is 5.91 Å². The van der Waals surface area contributed by atoms with E-state index >= 15 is 0 Å². The Morgan fingerprint density at radius 1 is 1.20 bits per heavy atom. The third-order valence-corrected chi connectivity index (χ3v) is 5.38. The van der Waals surface area contributed by atoms with Crippen LogP contribution in [0.1, 0.15) is 27.7 Å². The molecule has 1 amide bonds. The van der Waals surface area contributed by atoms with Crippen LogP contribution in [-0.4, -0.2) is 37.7 Å². The monoisotopic (exact) mass is 472 g/mol. The second-order valence-corrected chi connectivity index (χ2v) is 7.94. The molecule has 4 aromatic heterocycles. The van der Waals surface area contributed by atoms with Crippen LogP contribution in [0.4, 0.5) is 10.1 Å². The number of hydrogen-bond donors (Lipinski definition) is 1. The van der Waals surface area contributed by atoms with Crippen molar-refractivity contribution >= 4 is 22.6 Å². The number of benzene rings is 1. The maximum atomic E-state index is 14.8. The lowest BCUT2D eigenvalue weighted by molar-refractivity contribution is 0.0988. The number of nitrogens with zero attached hydrogens (tertiary/aromatic N) is 5. The highest BCUT2D eigenvalue weighted by atomic mass is 19.1. The Kier molecular flexibility index (Phi) is 5.79. The van der Waals surface area contributed by atoms with Crippen LogP contribution in [0.25, 0.3) is 28.0 Å². The van der Waals surface area contributed by atoms with Gasteiger partial charge in [0, 0.05) is 49.3 Å². The van der Waals surface area contributed by atoms with Crippen LogP contribution in [0.2, 0.25) is 0 Å². The van der Waals surface area contributed by atoms with E-state index in [1.807, 2.05) is 25.1 Å². The summed E-state index contributed by atoms with van der Waals surface area (Å²) in [4.78, 5) is 25.8. The van der Waals surface area contributed by atoms with Crippen LogP contribution in [0.15, 0.2) is 59.4 Å². The molecule has 0 aliphatic carbocycles. The van der Waals surface area contributed by atoms with E-state index in [9.17, 15) is 9.18 Å². The first-order valence-corrected chi connectivity index (χ1v) is 10.8. The molecule has 0 radical (unpaired) electrons. The Morgan fingerprint density at radius 2 is 2.06 bits per heavy atom. The van der Waals surface area contributed by atoms with Crippen LogP contribution in [-0.2, 0) is 11.3 Å². The van der Waals surface area contributed by atoms with Gasteiger partial charge in [0.05, 0.1) is 12.3 Å². The van der Waals surface area contributed by atoms with Gasteiger partial charge in [0.2, 0.25) is 5.76 Å². The second kappa shape index (κ2) is 9.07. The largest absolute Gasteiger partial charge is 0.435 e. The zero-order chi connectivity index (χ0) is 24.5. The number of aryl methyl sites for hydroxylation is 2. The third kappa shape index (κ3) is 4.38. The second-order valence-electron chi connectivity index (χ2n) is 7.94. The number of aromatic nitrogens is 5. The molecule has 0 bridgehead atoms. The van der Waals surface area contributed by atoms with Crippen LogP contribution >= 0.6 is 0 Å². The fourth-order valence-corrected chi connectivity index (χ4v) is 3.79. The van der Waals surface area contributed by atoms with Crippen molar-refractivity contribution in [3.63, 3.8) is 0 Å². The van der Waals surface area contributed by atoms with Crippen molar-refractivity contribution in [2.24, 2.45) is 0 Å². The Labute approximate surface area is 199 Å². The lowest BCUT2D eigenvalue weighted by Crippen LogP contribution is -2.14. The van der Waals surface area contributed by atoms with Gasteiger partial charge in [-0.2, -0.15) is 0 Å². The summed E-state index contributed by atoms with van der Waals surface area (Å²) in [5.74, 6) is -0.635. The lowest BCUT2D eigenvalue weighted by atomic mass is 10.1. The topological polar surface area (TPSA) is 108 Å². The van der Waals surface area contributed by atoms with E-state index < -0.39 is 11.7 Å². The van der Waals surface area contributed by atoms with Gasteiger partial charge in [0.15, 0.2) is 11.5 Å². The SMILES string of the molecule is COCc1nc(C)oc1C(=O)Nc1ccc(F)c(-n2cc3cc(-c4ncccc4C)cnc3n2)c1. The predicted octanol–water partition coefficient (Wildman–Crippen LogP) is 4.63. The van der Waals surface area contributed by atoms with E-state index in [1.165, 1.54) is 30.0 Å². The molecule has 0 aliphatic heterocycles. The number of oxazole rings is 1. The van der Waals surface area contributed by atoms with Gasteiger partial charge in [-0.05, 0) is 42.8 Å². The molecule has 9 nitrogen and oxygen atoms in total. The summed E-state index contributed by atoms with van der Waals surface area (Å²) in [7, 11) is 1.50. The van der Waals surface area contributed by atoms with E-state index in [1.54, 1.807) is 25.5 Å². The predicted molar refractivity (Wildman–Crippen MR) is 127 cm³/mol. The number of nitrogens with one attached hydrogen (secondary N) is 1. The Balaban J connectivity index is 1.46. The number of carbonyl (C=O) groups excluding carboxylic acids is 1. The maximum absolute atomic E-state index is 14.8. The molecule has 0 unspecified atom stereocenters. The number of halogens is 1. The highest BCUT2D eigenvalue weighted by Gasteiger charge is 2.20. The molecule has 0 saturated heterocycles. The summed E-state index contributed by atoms with van der Waals surface area (Å²) in [6.45, 7) is 3.74. The standard InChI is InChI=1S/C25H21FN6O3/c1-14-5-4-8-27-22(14)16-9-17-12-32(31-24(17)28-11-16)21-10-18(6-7-19(21)26)30-25(33)23-20(13-34-3)29-15(2)35-23/h4-12H,13H2,1-3H3,(H,30,33). The number of fused-ring (bicyclic) bond motifs is 1. The number of amides is 1. The third-order valence-electron chi connectivity index (χ3n) is 5.38. The Bertz CT molecular complexity index is 1560. The fourth-order valence-electron chi connectivity index (χ4n) is 3.79. The maximum Gasteiger partial charge on any atom is 0.293 e. The average Bonchev–Trinajstić information content (AvgIpc) is 3.43. The van der Waals surface area contributed by atoms with Crippen molar-refractivity contribution in [1.29, 1.82) is 0 Å². The van der Waals surface area contributed by atoms with Gasteiger partial charge >= 0.3 is 0 Å². The highest BCUT2D eigenvalue weighted by molar-refractivity contribution is 6.03. The summed E-state index contributed by atoms with van der Waals surface area (Å²) in [5, 5.41) is 7.85. The van der Waals surface area contributed by atoms with Crippen LogP contribution in [0.3, 0.4) is 0 Å². The van der Waals surface area contributed by atoms with Crippen molar-refractivity contribution in [1.82, 2.24) is 24.7 Å². The summed E-state index contributed by atoms with van der Waals surface area (Å²) in [5.41, 5.74) is 4.03. The van der Waals surface area contributed by atoms with Crippen LogP contribution < -0.4 is 5.32 Å². The summed E-state index contributed by atoms with van der Waals surface area (Å²) < 4.78 is 26.7. The van der Waals surface area contributed by atoms with Crippen LogP contribution in [0.5, 0.6) is 0 Å². The quantitative estimate of drug-likeness (QED) is 0.384. The number of carbonyl (C=O) groups is 1. The molecule has 4 heterocycles. The molecular weight excluding hydrogens is 451 g/mol. The molecular formula is C25H21FN6O3. The number of pyridine rings is 2. The minimum absolute atomic E-state index is 0.0431. The molecule has 0 saturated carbocycles. The molecule has 35 heavy (non-hydrogen) atoms. The zero-order valence-electron chi connectivity index (χ0n) is 19.2. The summed E-state index contributed by atoms with van der Waals surface area (Å²) in [6.07, 6.45) is 5.10. The minimum Gasteiger partial charge on any atom is -0.435 e. The number of hydrogen-bond acceptors (Lipinski definition) is 7. The Morgan fingerprint density at radius 3 is 2.86 bits per heavy atom. The van der Waals surface area contributed by atoms with E-state index in [0.29, 0.717) is 22.9 Å². The van der Waals surface area contributed by atoms with Crippen molar-refractivity contribution in [3.8, 4) is 16.9 Å². The molecule has 0 fully saturated rings. The van der Waals surface area contributed by atoms with Gasteiger partial charge in [-0.1, -0.05) is 6.07 Å². The molecule has 1 aromatic carbocycles. The minimum atomic E-state index is -0.516. The van der Waals surface area contributed by atoms with Crippen molar-refractivity contribution in [2.75, 3.05) is 12.4 Å². The van der Waals surface area contributed by atoms with Crippen molar-refractivity contribution in [3.05, 3.63) is 83.7 Å². The molecule has 5 aromatic rings. The van der Waals surface area contributed by atoms with Gasteiger partial charge in [-0.15, -0.1) is 5.10 Å². The highest BCUT2D eigenvalue weighted by Crippen LogP contribution is 2.26. The van der Waals surface area contributed by atoms with E-state index in [2.05, 4.69) is 25.4 Å². The first kappa shape index (κ1) is 22.4. The first-order chi connectivity index (χ1) is 16.9. The average molecular weight is 472 g/mol. The lowest BCUT2D eigenvalue weighted by Gasteiger charge is -2.08. The Hall–Kier alpha value is -4.44. The number of anilines is 1. The molecule has 10 heteroatoms. The molecule has 5 rings (SSSR count). The van der Waals surface area contributed by atoms with Gasteiger partial charge in [0.1, 0.15) is 17.2 Å². The number of rotatable bonds is 6. The number of ether oxygens (including phenoxy) is 1. The summed E-state index contributed by atoms with van der Waals surface area (Å²) in [6, 6.07) is 9.97. The van der Waals surface area contributed by atoms with Gasteiger partial charge < -0.3 is 14.5 Å². The van der Waals surface area contributed by atoms with Gasteiger partial charge in [-0.25, -0.2) is 19.0 Å². The van der Waals surface area contributed by atoms with E-state index in [-0.39, 0.29) is 18.1 Å². The fraction of sp³-hybridized carbons (Fsp3) is 0.160. The van der Waals surface area contributed by atoms with Crippen molar-refractivity contribution < 1.29 is 18.3 Å². The summed E-state index contributed by atoms with van der Waals surface area (Å²) >= 11 is 0. The van der Waals surface area contributed by atoms with E-state index in [0.717, 1.165) is 22.2 Å². The first-order valence-electron chi connectivity index (χ1n) is 10.8. The normalized spacial score (nSPS) is 11.2. The molecule has 0 aliphatic rings. The van der Waals surface area contributed by atoms with Crippen LogP contribution in [0, 0.1) is 19.7 Å². The zero-order valence-corrected chi connectivity index (χ0v) is 19.2.